The highest BCUT2D eigenvalue weighted by atomic mass is 35.5. The number of ether oxygens (including phenoxy) is 1. The van der Waals surface area contributed by atoms with E-state index in [1.165, 1.54) is 54.2 Å². The number of nitrogens with one attached hydrogen (secondary N) is 1. The highest BCUT2D eigenvalue weighted by molar-refractivity contribution is 5.87. The molecule has 0 radical (unpaired) electrons. The van der Waals surface area contributed by atoms with E-state index in [4.69, 9.17) is 4.74 Å². The van der Waals surface area contributed by atoms with Crippen LogP contribution in [0.25, 0.3) is 10.8 Å². The molecule has 0 saturated carbocycles. The quantitative estimate of drug-likeness (QED) is 0.384. The predicted octanol–water partition coefficient (Wildman–Crippen LogP) is 6.65. The van der Waals surface area contributed by atoms with Crippen molar-refractivity contribution in [1.82, 2.24) is 5.32 Å². The number of halogens is 2. The number of hydrogen-bond acceptors (Lipinski definition) is 2. The molecule has 2 nitrogen and oxygen atoms in total. The Balaban J connectivity index is 0.00000280. The zero-order chi connectivity index (χ0) is 18.9. The van der Waals surface area contributed by atoms with Gasteiger partial charge in [-0.05, 0) is 47.5 Å². The third-order valence-corrected chi connectivity index (χ3v) is 4.81. The van der Waals surface area contributed by atoms with Crippen molar-refractivity contribution in [1.29, 1.82) is 0 Å². The first kappa shape index (κ1) is 22.2. The summed E-state index contributed by atoms with van der Waals surface area (Å²) in [6, 6.07) is 19.0. The van der Waals surface area contributed by atoms with Crippen LogP contribution in [0.1, 0.15) is 43.7 Å². The van der Waals surface area contributed by atoms with Crippen molar-refractivity contribution in [3.63, 3.8) is 0 Å². The summed E-state index contributed by atoms with van der Waals surface area (Å²) in [4.78, 5) is 0. The molecule has 0 unspecified atom stereocenters. The largest absolute Gasteiger partial charge is 0.489 e. The molecule has 4 heteroatoms. The molecule has 3 aromatic carbocycles. The van der Waals surface area contributed by atoms with E-state index in [0.717, 1.165) is 24.4 Å². The van der Waals surface area contributed by atoms with Gasteiger partial charge in [0.1, 0.15) is 18.2 Å². The van der Waals surface area contributed by atoms with Crippen LogP contribution in [0.3, 0.4) is 0 Å². The molecule has 0 aliphatic carbocycles. The van der Waals surface area contributed by atoms with E-state index in [2.05, 4.69) is 42.6 Å². The Morgan fingerprint density at radius 3 is 2.46 bits per heavy atom. The second-order valence-electron chi connectivity index (χ2n) is 6.92. The molecule has 0 saturated heterocycles. The van der Waals surface area contributed by atoms with Crippen molar-refractivity contribution < 1.29 is 9.13 Å². The Morgan fingerprint density at radius 2 is 1.68 bits per heavy atom. The van der Waals surface area contributed by atoms with Gasteiger partial charge >= 0.3 is 0 Å². The Hall–Kier alpha value is -2.10. The van der Waals surface area contributed by atoms with Crippen LogP contribution < -0.4 is 10.1 Å². The van der Waals surface area contributed by atoms with E-state index in [-0.39, 0.29) is 18.2 Å². The van der Waals surface area contributed by atoms with Crippen molar-refractivity contribution in [2.45, 2.75) is 45.8 Å². The van der Waals surface area contributed by atoms with Crippen LogP contribution in [-0.4, -0.2) is 6.54 Å². The first-order valence-corrected chi connectivity index (χ1v) is 9.86. The summed E-state index contributed by atoms with van der Waals surface area (Å²) in [5.41, 5.74) is 2.15. The zero-order valence-corrected chi connectivity index (χ0v) is 17.2. The molecule has 0 aromatic heterocycles. The molecule has 150 valence electrons. The Bertz CT molecular complexity index is 851. The highest BCUT2D eigenvalue weighted by Crippen LogP contribution is 2.28. The van der Waals surface area contributed by atoms with Gasteiger partial charge in [0.15, 0.2) is 0 Å². The molecule has 0 atom stereocenters. The Kier molecular flexibility index (Phi) is 9.26. The van der Waals surface area contributed by atoms with Gasteiger partial charge in [0.25, 0.3) is 0 Å². The van der Waals surface area contributed by atoms with Gasteiger partial charge in [-0.3, -0.25) is 0 Å². The maximum atomic E-state index is 13.1. The number of fused-ring (bicyclic) bond motifs is 1. The fourth-order valence-corrected chi connectivity index (χ4v) is 3.27. The second-order valence-corrected chi connectivity index (χ2v) is 6.92. The van der Waals surface area contributed by atoms with Gasteiger partial charge < -0.3 is 10.1 Å². The lowest BCUT2D eigenvalue weighted by molar-refractivity contribution is 0.302. The third kappa shape index (κ3) is 6.22. The van der Waals surface area contributed by atoms with Gasteiger partial charge in [-0.1, -0.05) is 68.7 Å². The van der Waals surface area contributed by atoms with E-state index < -0.39 is 0 Å². The van der Waals surface area contributed by atoms with Crippen LogP contribution in [-0.2, 0) is 13.2 Å². The highest BCUT2D eigenvalue weighted by Gasteiger charge is 2.09. The predicted molar refractivity (Wildman–Crippen MR) is 118 cm³/mol. The monoisotopic (exact) mass is 401 g/mol. The van der Waals surface area contributed by atoms with Gasteiger partial charge in [-0.15, -0.1) is 12.4 Å². The minimum Gasteiger partial charge on any atom is -0.489 e. The summed E-state index contributed by atoms with van der Waals surface area (Å²) in [5, 5.41) is 6.00. The van der Waals surface area contributed by atoms with Gasteiger partial charge in [-0.25, -0.2) is 4.39 Å². The summed E-state index contributed by atoms with van der Waals surface area (Å²) in [6.07, 6.45) is 5.02. The van der Waals surface area contributed by atoms with E-state index in [0.29, 0.717) is 6.61 Å². The summed E-state index contributed by atoms with van der Waals surface area (Å²) in [5.74, 6) is 0.663. The van der Waals surface area contributed by atoms with Crippen molar-refractivity contribution in [3.8, 4) is 5.75 Å². The van der Waals surface area contributed by atoms with E-state index in [1.54, 1.807) is 12.1 Å². The fourth-order valence-electron chi connectivity index (χ4n) is 3.27. The Morgan fingerprint density at radius 1 is 0.893 bits per heavy atom. The van der Waals surface area contributed by atoms with Gasteiger partial charge in [0.2, 0.25) is 0 Å². The van der Waals surface area contributed by atoms with Crippen LogP contribution in [0, 0.1) is 5.82 Å². The SMILES string of the molecule is CCCCCCNCc1c(OCc2ccc(F)cc2)ccc2ccccc12.Cl. The molecule has 3 aromatic rings. The average molecular weight is 402 g/mol. The van der Waals surface area contributed by atoms with Crippen molar-refractivity contribution in [2.75, 3.05) is 6.54 Å². The third-order valence-electron chi connectivity index (χ3n) is 4.81. The average Bonchev–Trinajstić information content (AvgIpc) is 2.70. The number of benzene rings is 3. The molecular formula is C24H29ClFNO. The minimum atomic E-state index is -0.225. The maximum absolute atomic E-state index is 13.1. The summed E-state index contributed by atoms with van der Waals surface area (Å²) >= 11 is 0. The summed E-state index contributed by atoms with van der Waals surface area (Å²) < 4.78 is 19.2. The summed E-state index contributed by atoms with van der Waals surface area (Å²) in [6.45, 7) is 4.46. The number of unbranched alkanes of at least 4 members (excludes halogenated alkanes) is 3. The molecule has 1 N–H and O–H groups in total. The van der Waals surface area contributed by atoms with Crippen molar-refractivity contribution in [3.05, 3.63) is 77.6 Å². The lowest BCUT2D eigenvalue weighted by atomic mass is 10.0. The lowest BCUT2D eigenvalue weighted by Gasteiger charge is -2.15. The van der Waals surface area contributed by atoms with Crippen molar-refractivity contribution >= 4 is 23.2 Å². The minimum absolute atomic E-state index is 0. The van der Waals surface area contributed by atoms with Gasteiger partial charge in [-0.2, -0.15) is 0 Å². The van der Waals surface area contributed by atoms with E-state index in [9.17, 15) is 4.39 Å². The standard InChI is InChI=1S/C24H28FNO.ClH/c1-2-3-4-7-16-26-17-23-22-9-6-5-8-20(22)12-15-24(23)27-18-19-10-13-21(25)14-11-19;/h5-6,8-15,26H,2-4,7,16-18H2,1H3;1H. The molecule has 0 spiro atoms. The fraction of sp³-hybridized carbons (Fsp3) is 0.333. The molecule has 3 rings (SSSR count). The lowest BCUT2D eigenvalue weighted by Crippen LogP contribution is -2.16. The molecule has 0 amide bonds. The first-order valence-electron chi connectivity index (χ1n) is 9.86. The molecule has 0 aliphatic heterocycles. The molecule has 0 aliphatic rings. The summed E-state index contributed by atoms with van der Waals surface area (Å²) in [7, 11) is 0. The smallest absolute Gasteiger partial charge is 0.124 e. The number of hydrogen-bond donors (Lipinski definition) is 1. The topological polar surface area (TPSA) is 21.3 Å². The first-order chi connectivity index (χ1) is 13.3. The zero-order valence-electron chi connectivity index (χ0n) is 16.4. The molecule has 0 fully saturated rings. The second kappa shape index (κ2) is 11.7. The van der Waals surface area contributed by atoms with Crippen LogP contribution in [0.4, 0.5) is 4.39 Å². The van der Waals surface area contributed by atoms with Crippen molar-refractivity contribution in [2.24, 2.45) is 0 Å². The van der Waals surface area contributed by atoms with Gasteiger partial charge in [0, 0.05) is 12.1 Å². The Labute approximate surface area is 173 Å². The van der Waals surface area contributed by atoms with Crippen LogP contribution in [0.15, 0.2) is 60.7 Å². The van der Waals surface area contributed by atoms with Gasteiger partial charge in [0.05, 0.1) is 0 Å². The number of rotatable bonds is 10. The van der Waals surface area contributed by atoms with Crippen LogP contribution in [0.5, 0.6) is 5.75 Å². The molecule has 0 heterocycles. The normalized spacial score (nSPS) is 10.6. The maximum Gasteiger partial charge on any atom is 0.124 e. The van der Waals surface area contributed by atoms with E-state index in [1.807, 2.05) is 6.07 Å². The molecule has 0 bridgehead atoms. The van der Waals surface area contributed by atoms with E-state index >= 15 is 0 Å². The van der Waals surface area contributed by atoms with Crippen LogP contribution >= 0.6 is 12.4 Å². The van der Waals surface area contributed by atoms with Crippen LogP contribution in [0.2, 0.25) is 0 Å². The molecular weight excluding hydrogens is 373 g/mol. The molecule has 28 heavy (non-hydrogen) atoms.